The van der Waals surface area contributed by atoms with Gasteiger partial charge >= 0.3 is 5.97 Å². The second kappa shape index (κ2) is 9.55. The third-order valence-corrected chi connectivity index (χ3v) is 4.72. The van der Waals surface area contributed by atoms with Crippen molar-refractivity contribution in [1.82, 2.24) is 0 Å². The van der Waals surface area contributed by atoms with Crippen LogP contribution in [0.5, 0.6) is 11.5 Å². The monoisotopic (exact) mass is 336 g/mol. The number of hydrogen-bond acceptors (Lipinski definition) is 4. The van der Waals surface area contributed by atoms with Crippen molar-refractivity contribution in [3.05, 3.63) is 23.8 Å². The number of carbonyl (C=O) groups excluding carboxylic acids is 1. The molecule has 2 atom stereocenters. The lowest BCUT2D eigenvalue weighted by atomic mass is 9.84. The number of rotatable bonds is 10. The van der Waals surface area contributed by atoms with Crippen molar-refractivity contribution in [2.75, 3.05) is 13.7 Å². The highest BCUT2D eigenvalue weighted by molar-refractivity contribution is 5.73. The van der Waals surface area contributed by atoms with E-state index in [0.29, 0.717) is 18.3 Å². The lowest BCUT2D eigenvalue weighted by molar-refractivity contribution is -0.142. The number of ether oxygens (including phenoxy) is 3. The van der Waals surface area contributed by atoms with Gasteiger partial charge in [0.2, 0.25) is 0 Å². The van der Waals surface area contributed by atoms with Crippen LogP contribution >= 0.6 is 0 Å². The zero-order valence-corrected chi connectivity index (χ0v) is 16.0. The van der Waals surface area contributed by atoms with E-state index < -0.39 is 0 Å². The molecule has 0 N–H and O–H groups in total. The molecule has 0 aliphatic carbocycles. The van der Waals surface area contributed by atoms with Crippen LogP contribution in [0.4, 0.5) is 0 Å². The van der Waals surface area contributed by atoms with Crippen LogP contribution in [-0.2, 0) is 16.0 Å². The molecule has 0 aliphatic heterocycles. The molecule has 1 aromatic carbocycles. The molecule has 0 fully saturated rings. The molecular formula is C20H32O4. The summed E-state index contributed by atoms with van der Waals surface area (Å²) in [7, 11) is 1.63. The first-order chi connectivity index (χ1) is 11.4. The molecule has 1 unspecified atom stereocenters. The van der Waals surface area contributed by atoms with Gasteiger partial charge in [0.1, 0.15) is 17.1 Å². The highest BCUT2D eigenvalue weighted by Crippen LogP contribution is 2.35. The van der Waals surface area contributed by atoms with E-state index in [1.165, 1.54) is 0 Å². The minimum Gasteiger partial charge on any atom is -0.497 e. The fraction of sp³-hybridized carbons (Fsp3) is 0.650. The van der Waals surface area contributed by atoms with Crippen LogP contribution < -0.4 is 9.47 Å². The van der Waals surface area contributed by atoms with Crippen LogP contribution in [0.3, 0.4) is 0 Å². The summed E-state index contributed by atoms with van der Waals surface area (Å²) in [6.45, 7) is 10.9. The Morgan fingerprint density at radius 2 is 1.96 bits per heavy atom. The standard InChI is InChI=1S/C20H32O4/c1-7-10-15(4)20(5,8-2)24-18-14-17(22-6)12-11-16(18)13-19(21)23-9-3/h11-12,14-15H,7-10,13H2,1-6H3/t15?,20-/m0/s1. The number of benzene rings is 1. The van der Waals surface area contributed by atoms with E-state index in [4.69, 9.17) is 14.2 Å². The van der Waals surface area contributed by atoms with Crippen LogP contribution in [0.2, 0.25) is 0 Å². The van der Waals surface area contributed by atoms with E-state index in [9.17, 15) is 4.79 Å². The Balaban J connectivity index is 3.11. The van der Waals surface area contributed by atoms with Crippen LogP contribution in [-0.4, -0.2) is 25.3 Å². The number of carbonyl (C=O) groups is 1. The topological polar surface area (TPSA) is 44.8 Å². The molecule has 1 aromatic rings. The summed E-state index contributed by atoms with van der Waals surface area (Å²) in [5.74, 6) is 1.59. The lowest BCUT2D eigenvalue weighted by Gasteiger charge is -2.36. The zero-order valence-electron chi connectivity index (χ0n) is 16.0. The van der Waals surface area contributed by atoms with Crippen molar-refractivity contribution in [2.45, 2.75) is 65.9 Å². The third-order valence-electron chi connectivity index (χ3n) is 4.72. The average molecular weight is 336 g/mol. The van der Waals surface area contributed by atoms with Crippen LogP contribution in [0.1, 0.15) is 59.4 Å². The molecule has 0 amide bonds. The van der Waals surface area contributed by atoms with E-state index in [1.54, 1.807) is 7.11 Å². The van der Waals surface area contributed by atoms with Gasteiger partial charge in [-0.2, -0.15) is 0 Å². The Kier molecular flexibility index (Phi) is 8.09. The molecule has 0 radical (unpaired) electrons. The average Bonchev–Trinajstić information content (AvgIpc) is 2.56. The van der Waals surface area contributed by atoms with Crippen molar-refractivity contribution >= 4 is 5.97 Å². The molecular weight excluding hydrogens is 304 g/mol. The quantitative estimate of drug-likeness (QED) is 0.577. The lowest BCUT2D eigenvalue weighted by Crippen LogP contribution is -2.39. The Morgan fingerprint density at radius 3 is 2.50 bits per heavy atom. The first-order valence-corrected chi connectivity index (χ1v) is 8.91. The highest BCUT2D eigenvalue weighted by Gasteiger charge is 2.32. The Bertz CT molecular complexity index is 526. The van der Waals surface area contributed by atoms with Gasteiger partial charge in [-0.05, 0) is 38.7 Å². The largest absolute Gasteiger partial charge is 0.497 e. The van der Waals surface area contributed by atoms with Gasteiger partial charge in [-0.25, -0.2) is 0 Å². The molecule has 24 heavy (non-hydrogen) atoms. The van der Waals surface area contributed by atoms with Gasteiger partial charge in [0.05, 0.1) is 20.1 Å². The van der Waals surface area contributed by atoms with Crippen LogP contribution in [0, 0.1) is 5.92 Å². The normalized spacial score (nSPS) is 14.6. The van der Waals surface area contributed by atoms with Gasteiger partial charge in [0.15, 0.2) is 0 Å². The highest BCUT2D eigenvalue weighted by atomic mass is 16.5. The predicted molar refractivity (Wildman–Crippen MR) is 96.7 cm³/mol. The minimum absolute atomic E-state index is 0.203. The maximum atomic E-state index is 11.9. The Labute approximate surface area is 146 Å². The smallest absolute Gasteiger partial charge is 0.310 e. The molecule has 0 bridgehead atoms. The van der Waals surface area contributed by atoms with Gasteiger partial charge in [-0.15, -0.1) is 0 Å². The van der Waals surface area contributed by atoms with Gasteiger partial charge in [0.25, 0.3) is 0 Å². The molecule has 0 aromatic heterocycles. The summed E-state index contributed by atoms with van der Waals surface area (Å²) in [6.07, 6.45) is 3.31. The fourth-order valence-electron chi connectivity index (χ4n) is 2.78. The van der Waals surface area contributed by atoms with Crippen molar-refractivity contribution in [2.24, 2.45) is 5.92 Å². The second-order valence-corrected chi connectivity index (χ2v) is 6.41. The van der Waals surface area contributed by atoms with E-state index in [1.807, 2.05) is 25.1 Å². The summed E-state index contributed by atoms with van der Waals surface area (Å²) in [5, 5.41) is 0. The molecule has 0 saturated heterocycles. The molecule has 136 valence electrons. The summed E-state index contributed by atoms with van der Waals surface area (Å²) >= 11 is 0. The summed E-state index contributed by atoms with van der Waals surface area (Å²) in [4.78, 5) is 11.9. The minimum atomic E-state index is -0.286. The first kappa shape index (κ1) is 20.3. The molecule has 4 heteroatoms. The maximum absolute atomic E-state index is 11.9. The van der Waals surface area contributed by atoms with Crippen LogP contribution in [0.15, 0.2) is 18.2 Å². The van der Waals surface area contributed by atoms with Crippen molar-refractivity contribution < 1.29 is 19.0 Å². The third kappa shape index (κ3) is 5.43. The number of hydrogen-bond donors (Lipinski definition) is 0. The van der Waals surface area contributed by atoms with Crippen molar-refractivity contribution in [3.8, 4) is 11.5 Å². The molecule has 0 saturated carbocycles. The predicted octanol–water partition coefficient (Wildman–Crippen LogP) is 4.78. The fourth-order valence-corrected chi connectivity index (χ4v) is 2.78. The molecule has 0 aliphatic rings. The van der Waals surface area contributed by atoms with E-state index in [0.717, 1.165) is 30.6 Å². The molecule has 0 heterocycles. The van der Waals surface area contributed by atoms with Crippen molar-refractivity contribution in [3.63, 3.8) is 0 Å². The number of esters is 1. The molecule has 0 spiro atoms. The SMILES string of the molecule is CCCC(C)[C@](C)(CC)Oc1cc(OC)ccc1CC(=O)OCC. The summed E-state index contributed by atoms with van der Waals surface area (Å²) in [5.41, 5.74) is 0.545. The zero-order chi connectivity index (χ0) is 18.2. The Hall–Kier alpha value is -1.71. The maximum Gasteiger partial charge on any atom is 0.310 e. The van der Waals surface area contributed by atoms with Crippen LogP contribution in [0.25, 0.3) is 0 Å². The Morgan fingerprint density at radius 1 is 1.25 bits per heavy atom. The molecule has 4 nitrogen and oxygen atoms in total. The number of methoxy groups -OCH3 is 1. The van der Waals surface area contributed by atoms with Crippen molar-refractivity contribution in [1.29, 1.82) is 0 Å². The van der Waals surface area contributed by atoms with E-state index in [2.05, 4.69) is 27.7 Å². The van der Waals surface area contributed by atoms with Gasteiger partial charge in [0, 0.05) is 11.6 Å². The molecule has 1 rings (SSSR count). The second-order valence-electron chi connectivity index (χ2n) is 6.41. The van der Waals surface area contributed by atoms with E-state index >= 15 is 0 Å². The van der Waals surface area contributed by atoms with Gasteiger partial charge in [-0.1, -0.05) is 33.3 Å². The summed E-state index contributed by atoms with van der Waals surface area (Å²) in [6, 6.07) is 5.59. The first-order valence-electron chi connectivity index (χ1n) is 8.91. The van der Waals surface area contributed by atoms with E-state index in [-0.39, 0.29) is 18.0 Å². The van der Waals surface area contributed by atoms with Gasteiger partial charge in [-0.3, -0.25) is 4.79 Å². The summed E-state index contributed by atoms with van der Waals surface area (Å²) < 4.78 is 16.8. The van der Waals surface area contributed by atoms with Gasteiger partial charge < -0.3 is 14.2 Å².